The molecule has 0 unspecified atom stereocenters. The van der Waals surface area contributed by atoms with Gasteiger partial charge in [0.1, 0.15) is 11.6 Å². The van der Waals surface area contributed by atoms with Gasteiger partial charge >= 0.3 is 0 Å². The zero-order chi connectivity index (χ0) is 18.5. The standard InChI is InChI=1S/C21H24N6/c1-16-2-3-17(13-25-16)15-27-10-5-18(6-11-27)19-4-7-23-20(12-19)26-21-14-22-8-9-24-21/h2-4,7-9,12-14,18H,5-6,10-11,15H2,1H3,(H,23,24,26). The average Bonchev–Trinajstić information content (AvgIpc) is 2.71. The Morgan fingerprint density at radius 2 is 1.81 bits per heavy atom. The van der Waals surface area contributed by atoms with Crippen LogP contribution in [0.15, 0.2) is 55.2 Å². The molecule has 3 aromatic rings. The molecule has 0 spiro atoms. The summed E-state index contributed by atoms with van der Waals surface area (Å²) in [5.41, 5.74) is 3.70. The van der Waals surface area contributed by atoms with E-state index in [1.54, 1.807) is 18.6 Å². The van der Waals surface area contributed by atoms with E-state index in [4.69, 9.17) is 0 Å². The minimum Gasteiger partial charge on any atom is -0.324 e. The van der Waals surface area contributed by atoms with Gasteiger partial charge < -0.3 is 5.32 Å². The first kappa shape index (κ1) is 17.5. The molecule has 1 aliphatic heterocycles. The Kier molecular flexibility index (Phi) is 5.34. The fourth-order valence-corrected chi connectivity index (χ4v) is 3.54. The fraction of sp³-hybridized carbons (Fsp3) is 0.333. The van der Waals surface area contributed by atoms with Crippen LogP contribution < -0.4 is 5.32 Å². The van der Waals surface area contributed by atoms with Gasteiger partial charge in [0.2, 0.25) is 0 Å². The molecule has 1 aliphatic rings. The molecule has 3 aromatic heterocycles. The van der Waals surface area contributed by atoms with Crippen LogP contribution in [0.3, 0.4) is 0 Å². The number of anilines is 2. The predicted octanol–water partition coefficient (Wildman–Crippen LogP) is 3.70. The molecule has 0 saturated carbocycles. The number of aromatic nitrogens is 4. The first-order chi connectivity index (χ1) is 13.3. The van der Waals surface area contributed by atoms with Crippen molar-refractivity contribution in [1.29, 1.82) is 0 Å². The van der Waals surface area contributed by atoms with E-state index in [2.05, 4.69) is 54.4 Å². The van der Waals surface area contributed by atoms with Crippen molar-refractivity contribution in [2.45, 2.75) is 32.2 Å². The largest absolute Gasteiger partial charge is 0.324 e. The van der Waals surface area contributed by atoms with Crippen LogP contribution in [0.1, 0.15) is 35.6 Å². The highest BCUT2D eigenvalue weighted by molar-refractivity contribution is 5.51. The van der Waals surface area contributed by atoms with E-state index in [1.165, 1.54) is 11.1 Å². The van der Waals surface area contributed by atoms with Gasteiger partial charge in [0.15, 0.2) is 0 Å². The lowest BCUT2D eigenvalue weighted by atomic mass is 9.90. The molecule has 1 fully saturated rings. The summed E-state index contributed by atoms with van der Waals surface area (Å²) >= 11 is 0. The maximum atomic E-state index is 4.41. The molecular formula is C21H24N6. The highest BCUT2D eigenvalue weighted by Gasteiger charge is 2.21. The van der Waals surface area contributed by atoms with Crippen LogP contribution in [0.4, 0.5) is 11.6 Å². The van der Waals surface area contributed by atoms with Crippen molar-refractivity contribution >= 4 is 11.6 Å². The number of nitrogens with one attached hydrogen (secondary N) is 1. The van der Waals surface area contributed by atoms with Gasteiger partial charge in [0.05, 0.1) is 6.20 Å². The Bertz CT molecular complexity index is 857. The number of likely N-dealkylation sites (tertiary alicyclic amines) is 1. The molecule has 4 rings (SSSR count). The minimum atomic E-state index is 0.572. The maximum Gasteiger partial charge on any atom is 0.150 e. The van der Waals surface area contributed by atoms with E-state index in [0.29, 0.717) is 11.7 Å². The van der Waals surface area contributed by atoms with Crippen LogP contribution in [0.5, 0.6) is 0 Å². The second-order valence-electron chi connectivity index (χ2n) is 7.05. The van der Waals surface area contributed by atoms with E-state index in [1.807, 2.05) is 19.3 Å². The Morgan fingerprint density at radius 1 is 0.963 bits per heavy atom. The minimum absolute atomic E-state index is 0.572. The van der Waals surface area contributed by atoms with E-state index in [-0.39, 0.29) is 0 Å². The third-order valence-corrected chi connectivity index (χ3v) is 5.04. The Hall–Kier alpha value is -2.86. The predicted molar refractivity (Wildman–Crippen MR) is 106 cm³/mol. The summed E-state index contributed by atoms with van der Waals surface area (Å²) in [5.74, 6) is 2.10. The van der Waals surface area contributed by atoms with Crippen molar-refractivity contribution in [2.24, 2.45) is 0 Å². The number of hydrogen-bond donors (Lipinski definition) is 1. The van der Waals surface area contributed by atoms with E-state index in [9.17, 15) is 0 Å². The molecule has 0 aliphatic carbocycles. The number of nitrogens with zero attached hydrogens (tertiary/aromatic N) is 5. The number of rotatable bonds is 5. The lowest BCUT2D eigenvalue weighted by Gasteiger charge is -2.32. The molecule has 0 radical (unpaired) electrons. The molecule has 0 bridgehead atoms. The first-order valence-electron chi connectivity index (χ1n) is 9.39. The number of pyridine rings is 2. The van der Waals surface area contributed by atoms with E-state index in [0.717, 1.165) is 44.0 Å². The van der Waals surface area contributed by atoms with Gasteiger partial charge in [-0.2, -0.15) is 0 Å². The maximum absolute atomic E-state index is 4.41. The molecular weight excluding hydrogens is 336 g/mol. The molecule has 6 heteroatoms. The molecule has 4 heterocycles. The van der Waals surface area contributed by atoms with Gasteiger partial charge in [0.25, 0.3) is 0 Å². The summed E-state index contributed by atoms with van der Waals surface area (Å²) in [7, 11) is 0. The molecule has 0 aromatic carbocycles. The van der Waals surface area contributed by atoms with E-state index < -0.39 is 0 Å². The van der Waals surface area contributed by atoms with Gasteiger partial charge in [-0.15, -0.1) is 0 Å². The van der Waals surface area contributed by atoms with Gasteiger partial charge in [-0.05, 0) is 68.1 Å². The van der Waals surface area contributed by atoms with Gasteiger partial charge in [-0.25, -0.2) is 9.97 Å². The van der Waals surface area contributed by atoms with E-state index >= 15 is 0 Å². The van der Waals surface area contributed by atoms with Crippen molar-refractivity contribution < 1.29 is 0 Å². The lowest BCUT2D eigenvalue weighted by molar-refractivity contribution is 0.204. The Balaban J connectivity index is 1.35. The number of aryl methyl sites for hydroxylation is 1. The fourth-order valence-electron chi connectivity index (χ4n) is 3.54. The highest BCUT2D eigenvalue weighted by Crippen LogP contribution is 2.29. The van der Waals surface area contributed by atoms with Crippen LogP contribution in [0, 0.1) is 6.92 Å². The van der Waals surface area contributed by atoms with Gasteiger partial charge in [-0.3, -0.25) is 14.9 Å². The van der Waals surface area contributed by atoms with Crippen LogP contribution in [0.25, 0.3) is 0 Å². The third-order valence-electron chi connectivity index (χ3n) is 5.04. The summed E-state index contributed by atoms with van der Waals surface area (Å²) < 4.78 is 0. The van der Waals surface area contributed by atoms with Crippen LogP contribution in [0.2, 0.25) is 0 Å². The van der Waals surface area contributed by atoms with Crippen molar-refractivity contribution in [3.8, 4) is 0 Å². The normalized spacial score (nSPS) is 15.6. The van der Waals surface area contributed by atoms with Crippen molar-refractivity contribution in [2.75, 3.05) is 18.4 Å². The summed E-state index contributed by atoms with van der Waals surface area (Å²) in [6, 6.07) is 8.54. The zero-order valence-corrected chi connectivity index (χ0v) is 15.5. The summed E-state index contributed by atoms with van der Waals surface area (Å²) in [6.45, 7) is 5.22. The molecule has 27 heavy (non-hydrogen) atoms. The summed E-state index contributed by atoms with van der Waals surface area (Å²) in [6.07, 6.45) is 11.2. The average molecular weight is 360 g/mol. The molecule has 0 amide bonds. The zero-order valence-electron chi connectivity index (χ0n) is 15.5. The number of hydrogen-bond acceptors (Lipinski definition) is 6. The molecule has 0 atom stereocenters. The quantitative estimate of drug-likeness (QED) is 0.748. The summed E-state index contributed by atoms with van der Waals surface area (Å²) in [4.78, 5) is 19.7. The highest BCUT2D eigenvalue weighted by atomic mass is 15.1. The SMILES string of the molecule is Cc1ccc(CN2CCC(c3ccnc(Nc4cnccn4)c3)CC2)cn1. The van der Waals surface area contributed by atoms with Crippen molar-refractivity contribution in [1.82, 2.24) is 24.8 Å². The van der Waals surface area contributed by atoms with Gasteiger partial charge in [-0.1, -0.05) is 6.07 Å². The number of piperidine rings is 1. The van der Waals surface area contributed by atoms with Crippen LogP contribution >= 0.6 is 0 Å². The van der Waals surface area contributed by atoms with Gasteiger partial charge in [0, 0.05) is 37.0 Å². The van der Waals surface area contributed by atoms with Crippen LogP contribution in [-0.2, 0) is 6.54 Å². The second kappa shape index (κ2) is 8.22. The molecule has 1 saturated heterocycles. The lowest BCUT2D eigenvalue weighted by Crippen LogP contribution is -2.32. The van der Waals surface area contributed by atoms with Crippen LogP contribution in [-0.4, -0.2) is 37.9 Å². The van der Waals surface area contributed by atoms with Crippen molar-refractivity contribution in [3.05, 3.63) is 72.1 Å². The first-order valence-corrected chi connectivity index (χ1v) is 9.39. The molecule has 1 N–H and O–H groups in total. The smallest absolute Gasteiger partial charge is 0.150 e. The molecule has 138 valence electrons. The van der Waals surface area contributed by atoms with Crippen molar-refractivity contribution in [3.63, 3.8) is 0 Å². The second-order valence-corrected chi connectivity index (χ2v) is 7.05. The Labute approximate surface area is 159 Å². The monoisotopic (exact) mass is 360 g/mol. The molecule has 6 nitrogen and oxygen atoms in total. The Morgan fingerprint density at radius 3 is 2.56 bits per heavy atom. The summed E-state index contributed by atoms with van der Waals surface area (Å²) in [5, 5.41) is 3.23. The topological polar surface area (TPSA) is 66.8 Å². The third kappa shape index (κ3) is 4.65.